The van der Waals surface area contributed by atoms with Gasteiger partial charge in [0.1, 0.15) is 11.4 Å². The average Bonchev–Trinajstić information content (AvgIpc) is 3.86. The first kappa shape index (κ1) is 50.9. The van der Waals surface area contributed by atoms with E-state index in [1.807, 2.05) is 54.7 Å². The number of nitrogens with zero attached hydrogens (tertiary/aromatic N) is 7. The Morgan fingerprint density at radius 3 is 2.03 bits per heavy atom. The van der Waals surface area contributed by atoms with Crippen LogP contribution >= 0.6 is 0 Å². The van der Waals surface area contributed by atoms with Crippen LogP contribution in [0.5, 0.6) is 0 Å². The molecule has 6 rings (SSSR count). The molecule has 1 fully saturated rings. The van der Waals surface area contributed by atoms with E-state index < -0.39 is 30.2 Å². The minimum absolute atomic E-state index is 0.271. The molecule has 24 heteroatoms. The maximum Gasteiger partial charge on any atom is 0.490 e. The van der Waals surface area contributed by atoms with Crippen LogP contribution in [0.4, 0.5) is 37.7 Å². The standard InChI is InChI=1S/C38H40N10O4.2C2HF3O2/c1-46-25-31(43-36(49)29-11-9-27(10-12-29)7-8-28-21-30-5-2-3-6-33(30)41-24-28)22-34(46)38(51)44-32-23-35(48(26-32)15-4-13-42-45-39)37(50)40-14-16-47-17-19-52-20-18-47;2*3-2(4,5)1(6)7/h2-3,5-12,21-26H,4,13-20H2,1H3,(H,40,50)(H,43,49)(H,44,51);2*(H,6,7)/b8-7+;;. The van der Waals surface area contributed by atoms with Crippen LogP contribution < -0.4 is 16.0 Å². The molecule has 5 N–H and O–H groups in total. The third-order valence-electron chi connectivity index (χ3n) is 9.16. The van der Waals surface area contributed by atoms with E-state index in [9.17, 15) is 40.7 Å². The fourth-order valence-electron chi connectivity index (χ4n) is 5.93. The van der Waals surface area contributed by atoms with Gasteiger partial charge in [-0.15, -0.1) is 0 Å². The molecule has 4 heterocycles. The number of amides is 3. The number of alkyl halides is 6. The summed E-state index contributed by atoms with van der Waals surface area (Å²) in [7, 11) is 1.71. The number of carboxylic acids is 2. The molecule has 66 heavy (non-hydrogen) atoms. The number of benzene rings is 2. The van der Waals surface area contributed by atoms with Crippen molar-refractivity contribution in [3.63, 3.8) is 0 Å². The molecule has 0 spiro atoms. The van der Waals surface area contributed by atoms with Crippen molar-refractivity contribution in [2.45, 2.75) is 25.3 Å². The van der Waals surface area contributed by atoms with Gasteiger partial charge in [-0.25, -0.2) is 9.59 Å². The van der Waals surface area contributed by atoms with Crippen LogP contribution in [-0.2, 0) is 27.9 Å². The van der Waals surface area contributed by atoms with Crippen molar-refractivity contribution in [3.05, 3.63) is 124 Å². The Morgan fingerprint density at radius 1 is 0.803 bits per heavy atom. The second-order valence-corrected chi connectivity index (χ2v) is 14.0. The maximum atomic E-state index is 13.4. The number of nitrogens with one attached hydrogen (secondary N) is 3. The zero-order valence-electron chi connectivity index (χ0n) is 34.8. The lowest BCUT2D eigenvalue weighted by molar-refractivity contribution is -0.193. The largest absolute Gasteiger partial charge is 0.490 e. The first-order valence-corrected chi connectivity index (χ1v) is 19.6. The van der Waals surface area contributed by atoms with E-state index in [2.05, 4.69) is 41.9 Å². The number of pyridine rings is 1. The predicted molar refractivity (Wildman–Crippen MR) is 228 cm³/mol. The maximum absolute atomic E-state index is 13.4. The number of azide groups is 1. The number of aromatic nitrogens is 3. The quantitative estimate of drug-likeness (QED) is 0.0249. The molecule has 3 amide bonds. The average molecular weight is 929 g/mol. The van der Waals surface area contributed by atoms with Crippen molar-refractivity contribution < 1.29 is 65.3 Å². The zero-order valence-corrected chi connectivity index (χ0v) is 34.8. The first-order chi connectivity index (χ1) is 31.2. The van der Waals surface area contributed by atoms with Gasteiger partial charge in [-0.3, -0.25) is 24.3 Å². The molecule has 0 radical (unpaired) electrons. The number of anilines is 2. The number of hydrogen-bond donors (Lipinski definition) is 5. The Kier molecular flexibility index (Phi) is 18.4. The van der Waals surface area contributed by atoms with Gasteiger partial charge >= 0.3 is 24.3 Å². The summed E-state index contributed by atoms with van der Waals surface area (Å²) in [4.78, 5) is 66.9. The van der Waals surface area contributed by atoms with Gasteiger partial charge in [0.25, 0.3) is 17.7 Å². The molecule has 2 aromatic carbocycles. The van der Waals surface area contributed by atoms with Gasteiger partial charge in [-0.05, 0) is 59.5 Å². The summed E-state index contributed by atoms with van der Waals surface area (Å²) in [5.74, 6) is -6.51. The van der Waals surface area contributed by atoms with Crippen molar-refractivity contribution >= 4 is 64.1 Å². The van der Waals surface area contributed by atoms with Crippen LogP contribution in [0.3, 0.4) is 0 Å². The van der Waals surface area contributed by atoms with Gasteiger partial charge < -0.3 is 40.0 Å². The minimum atomic E-state index is -5.08. The number of carbonyl (C=O) groups excluding carboxylic acids is 3. The third kappa shape index (κ3) is 16.1. The topological polar surface area (TPSA) is 246 Å². The van der Waals surface area contributed by atoms with E-state index in [1.165, 1.54) is 0 Å². The van der Waals surface area contributed by atoms with Gasteiger partial charge in [0.05, 0.1) is 30.1 Å². The molecule has 350 valence electrons. The van der Waals surface area contributed by atoms with Crippen LogP contribution in [0.2, 0.25) is 0 Å². The number of halogens is 6. The van der Waals surface area contributed by atoms with Crippen LogP contribution in [-0.4, -0.2) is 117 Å². The summed E-state index contributed by atoms with van der Waals surface area (Å²) in [5, 5.41) is 27.6. The molecule has 0 aliphatic carbocycles. The van der Waals surface area contributed by atoms with Crippen LogP contribution in [0.1, 0.15) is 48.9 Å². The minimum Gasteiger partial charge on any atom is -0.475 e. The number of carboxylic acid groups (broad SMARTS) is 2. The first-order valence-electron chi connectivity index (χ1n) is 19.6. The number of ether oxygens (including phenoxy) is 1. The van der Waals surface area contributed by atoms with Crippen molar-refractivity contribution in [2.24, 2.45) is 12.2 Å². The Hall–Kier alpha value is -7.69. The van der Waals surface area contributed by atoms with Gasteiger partial charge in [-0.1, -0.05) is 47.6 Å². The number of morpholine rings is 1. The molecular formula is C42H42F6N10O8. The van der Waals surface area contributed by atoms with Gasteiger partial charge in [-0.2, -0.15) is 26.3 Å². The summed E-state index contributed by atoms with van der Waals surface area (Å²) in [6.07, 6.45) is -0.523. The Bertz CT molecular complexity index is 2540. The second-order valence-electron chi connectivity index (χ2n) is 14.0. The van der Waals surface area contributed by atoms with Gasteiger partial charge in [0.2, 0.25) is 0 Å². The highest BCUT2D eigenvalue weighted by atomic mass is 19.4. The van der Waals surface area contributed by atoms with Gasteiger partial charge in [0.15, 0.2) is 0 Å². The normalized spacial score (nSPS) is 12.8. The Labute approximate surface area is 371 Å². The molecule has 1 aliphatic heterocycles. The highest BCUT2D eigenvalue weighted by Crippen LogP contribution is 2.21. The van der Waals surface area contributed by atoms with E-state index in [1.54, 1.807) is 52.8 Å². The molecular weight excluding hydrogens is 887 g/mol. The Balaban J connectivity index is 0.000000590. The highest BCUT2D eigenvalue weighted by molar-refractivity contribution is 6.07. The predicted octanol–water partition coefficient (Wildman–Crippen LogP) is 7.08. The SMILES string of the molecule is Cn1cc(NC(=O)c2ccc(/C=C/c3cnc4ccccc4c3)cc2)cc1C(=O)Nc1cc(C(=O)NCCN2CCOCC2)n(CCCN=[N+]=[N-])c1.O=C(O)C(F)(F)F.O=C(O)C(F)(F)F. The van der Waals surface area contributed by atoms with Crippen LogP contribution in [0.15, 0.2) is 90.4 Å². The molecule has 5 aromatic rings. The fraction of sp³-hybridized carbons (Fsp3) is 0.286. The van der Waals surface area contributed by atoms with Crippen LogP contribution in [0, 0.1) is 0 Å². The van der Waals surface area contributed by atoms with Crippen molar-refractivity contribution in [2.75, 3.05) is 56.6 Å². The monoisotopic (exact) mass is 928 g/mol. The summed E-state index contributed by atoms with van der Waals surface area (Å²) in [6.45, 7) is 4.87. The molecule has 0 unspecified atom stereocenters. The highest BCUT2D eigenvalue weighted by Gasteiger charge is 2.39. The summed E-state index contributed by atoms with van der Waals surface area (Å²) in [5.41, 5.74) is 13.5. The van der Waals surface area contributed by atoms with Crippen LogP contribution in [0.25, 0.3) is 33.5 Å². The summed E-state index contributed by atoms with van der Waals surface area (Å²) < 4.78 is 72.2. The number of para-hydroxylation sites is 1. The molecule has 1 saturated heterocycles. The fourth-order valence-corrected chi connectivity index (χ4v) is 5.93. The second kappa shape index (κ2) is 23.8. The Morgan fingerprint density at radius 2 is 1.39 bits per heavy atom. The summed E-state index contributed by atoms with van der Waals surface area (Å²) in [6, 6.07) is 20.5. The van der Waals surface area contributed by atoms with E-state index in [4.69, 9.17) is 30.1 Å². The third-order valence-corrected chi connectivity index (χ3v) is 9.16. The molecule has 0 atom stereocenters. The number of fused-ring (bicyclic) bond motifs is 1. The number of rotatable bonds is 14. The van der Waals surface area contributed by atoms with E-state index in [0.717, 1.165) is 35.1 Å². The lowest BCUT2D eigenvalue weighted by Crippen LogP contribution is -2.41. The molecule has 3 aromatic heterocycles. The number of aryl methyl sites for hydroxylation is 2. The smallest absolute Gasteiger partial charge is 0.475 e. The summed E-state index contributed by atoms with van der Waals surface area (Å²) >= 11 is 0. The van der Waals surface area contributed by atoms with E-state index in [-0.39, 0.29) is 18.4 Å². The molecule has 1 aliphatic rings. The molecule has 0 saturated carbocycles. The van der Waals surface area contributed by atoms with Crippen molar-refractivity contribution in [3.8, 4) is 0 Å². The van der Waals surface area contributed by atoms with Crippen molar-refractivity contribution in [1.29, 1.82) is 0 Å². The lowest BCUT2D eigenvalue weighted by atomic mass is 10.1. The number of hydrogen-bond acceptors (Lipinski definition) is 9. The molecule has 18 nitrogen and oxygen atoms in total. The van der Waals surface area contributed by atoms with E-state index >= 15 is 0 Å². The zero-order chi connectivity index (χ0) is 48.4. The van der Waals surface area contributed by atoms with Gasteiger partial charge in [0, 0.05) is 80.8 Å². The van der Waals surface area contributed by atoms with E-state index in [0.29, 0.717) is 67.6 Å². The molecule has 0 bridgehead atoms. The van der Waals surface area contributed by atoms with Crippen molar-refractivity contribution in [1.82, 2.24) is 24.3 Å². The lowest BCUT2D eigenvalue weighted by Gasteiger charge is -2.26. The number of carbonyl (C=O) groups is 5. The number of aliphatic carboxylic acids is 2.